The van der Waals surface area contributed by atoms with Crippen LogP contribution in [0.25, 0.3) is 0 Å². The molecule has 0 atom stereocenters. The van der Waals surface area contributed by atoms with Crippen LogP contribution in [0.2, 0.25) is 4.47 Å². The molecule has 5 heteroatoms. The molecule has 0 aromatic carbocycles. The van der Waals surface area contributed by atoms with Crippen LogP contribution < -0.4 is 5.73 Å². The molecular weight excluding hydrogens is 196 g/mol. The van der Waals surface area contributed by atoms with Crippen LogP contribution in [0.1, 0.15) is 17.7 Å². The van der Waals surface area contributed by atoms with Gasteiger partial charge in [0, 0.05) is 11.1 Å². The Morgan fingerprint density at radius 2 is 2.42 bits per heavy atom. The molecule has 1 aromatic rings. The van der Waals surface area contributed by atoms with E-state index in [-0.39, 0.29) is 11.6 Å². The molecule has 1 heterocycles. The molecule has 0 unspecified atom stereocenters. The third kappa shape index (κ3) is 1.25. The Morgan fingerprint density at radius 3 is 2.83 bits per heavy atom. The summed E-state index contributed by atoms with van der Waals surface area (Å²) in [6.07, 6.45) is 2.67. The first kappa shape index (κ1) is 8.44. The lowest BCUT2D eigenvalue weighted by molar-refractivity contribution is 0.0226. The molecule has 1 aliphatic rings. The van der Waals surface area contributed by atoms with E-state index in [0.717, 1.165) is 4.88 Å². The van der Waals surface area contributed by atoms with Crippen molar-refractivity contribution in [1.82, 2.24) is 4.98 Å². The molecule has 0 aliphatic heterocycles. The highest BCUT2D eigenvalue weighted by Gasteiger charge is 2.42. The zero-order chi connectivity index (χ0) is 8.77. The van der Waals surface area contributed by atoms with E-state index in [1.807, 2.05) is 0 Å². The van der Waals surface area contributed by atoms with Gasteiger partial charge >= 0.3 is 0 Å². The van der Waals surface area contributed by atoms with Gasteiger partial charge in [0.1, 0.15) is 0 Å². The van der Waals surface area contributed by atoms with Gasteiger partial charge in [0.05, 0.1) is 11.6 Å². The zero-order valence-corrected chi connectivity index (χ0v) is 7.90. The summed E-state index contributed by atoms with van der Waals surface area (Å²) in [5.74, 6) is 0. The quantitative estimate of drug-likeness (QED) is 0.721. The van der Waals surface area contributed by atoms with Gasteiger partial charge in [-0.25, -0.2) is 4.98 Å². The Kier molecular flexibility index (Phi) is 1.88. The van der Waals surface area contributed by atoms with E-state index < -0.39 is 0 Å². The number of hydrogen-bond acceptors (Lipinski definition) is 4. The maximum absolute atomic E-state index is 9.12. The van der Waals surface area contributed by atoms with E-state index in [1.54, 1.807) is 6.20 Å². The topological polar surface area (TPSA) is 59.1 Å². The van der Waals surface area contributed by atoms with E-state index in [4.69, 9.17) is 22.4 Å². The Morgan fingerprint density at radius 1 is 1.75 bits per heavy atom. The van der Waals surface area contributed by atoms with Crippen molar-refractivity contribution in [1.29, 1.82) is 0 Å². The summed E-state index contributed by atoms with van der Waals surface area (Å²) in [5.41, 5.74) is 5.61. The number of nitrogens with two attached hydrogens (primary N) is 1. The summed E-state index contributed by atoms with van der Waals surface area (Å²) >= 11 is 7.06. The molecule has 1 aromatic heterocycles. The van der Waals surface area contributed by atoms with Gasteiger partial charge in [-0.05, 0) is 12.8 Å². The first-order valence-corrected chi connectivity index (χ1v) is 4.88. The van der Waals surface area contributed by atoms with Crippen molar-refractivity contribution >= 4 is 22.9 Å². The second-order valence-electron chi connectivity index (χ2n) is 3.20. The smallest absolute Gasteiger partial charge is 0.183 e. The van der Waals surface area contributed by atoms with Crippen molar-refractivity contribution < 1.29 is 5.11 Å². The van der Waals surface area contributed by atoms with E-state index in [0.29, 0.717) is 17.3 Å². The SMILES string of the molecule is NC1(c2cnc(Cl)s2)CC(O)C1. The van der Waals surface area contributed by atoms with Crippen molar-refractivity contribution in [2.75, 3.05) is 0 Å². The summed E-state index contributed by atoms with van der Waals surface area (Å²) in [6.45, 7) is 0. The van der Waals surface area contributed by atoms with Crippen LogP contribution in [0.5, 0.6) is 0 Å². The fourth-order valence-electron chi connectivity index (χ4n) is 1.47. The van der Waals surface area contributed by atoms with Crippen LogP contribution in [0, 0.1) is 0 Å². The molecule has 0 saturated heterocycles. The maximum Gasteiger partial charge on any atom is 0.183 e. The van der Waals surface area contributed by atoms with Gasteiger partial charge in [-0.2, -0.15) is 0 Å². The average Bonchev–Trinajstić information content (AvgIpc) is 2.33. The van der Waals surface area contributed by atoms with Crippen molar-refractivity contribution in [3.8, 4) is 0 Å². The Bertz CT molecular complexity index is 295. The van der Waals surface area contributed by atoms with E-state index in [2.05, 4.69) is 4.98 Å². The largest absolute Gasteiger partial charge is 0.393 e. The lowest BCUT2D eigenvalue weighted by atomic mass is 9.74. The van der Waals surface area contributed by atoms with Crippen molar-refractivity contribution in [2.24, 2.45) is 5.73 Å². The average molecular weight is 205 g/mol. The second kappa shape index (κ2) is 2.67. The second-order valence-corrected chi connectivity index (χ2v) is 4.81. The standard InChI is InChI=1S/C7H9ClN2OS/c8-6-10-3-5(12-6)7(9)1-4(11)2-7/h3-4,11H,1-2,9H2. The van der Waals surface area contributed by atoms with Crippen LogP contribution in [0.15, 0.2) is 6.20 Å². The number of halogens is 1. The fourth-order valence-corrected chi connectivity index (χ4v) is 2.53. The van der Waals surface area contributed by atoms with Crippen molar-refractivity contribution in [3.63, 3.8) is 0 Å². The number of aliphatic hydroxyl groups excluding tert-OH is 1. The monoisotopic (exact) mass is 204 g/mol. The van der Waals surface area contributed by atoms with E-state index >= 15 is 0 Å². The third-order valence-corrected chi connectivity index (χ3v) is 3.50. The van der Waals surface area contributed by atoms with Gasteiger partial charge < -0.3 is 10.8 Å². The molecule has 0 amide bonds. The minimum absolute atomic E-state index is 0.254. The van der Waals surface area contributed by atoms with Gasteiger partial charge in [-0.3, -0.25) is 0 Å². The molecular formula is C7H9ClN2OS. The van der Waals surface area contributed by atoms with Gasteiger partial charge in [0.15, 0.2) is 4.47 Å². The fraction of sp³-hybridized carbons (Fsp3) is 0.571. The number of nitrogens with zero attached hydrogens (tertiary/aromatic N) is 1. The predicted molar refractivity (Wildman–Crippen MR) is 48.2 cm³/mol. The van der Waals surface area contributed by atoms with Crippen molar-refractivity contribution in [2.45, 2.75) is 24.5 Å². The molecule has 1 saturated carbocycles. The molecule has 66 valence electrons. The lowest BCUT2D eigenvalue weighted by Gasteiger charge is -2.41. The molecule has 12 heavy (non-hydrogen) atoms. The lowest BCUT2D eigenvalue weighted by Crippen LogP contribution is -2.51. The highest BCUT2D eigenvalue weighted by molar-refractivity contribution is 7.15. The number of hydrogen-bond donors (Lipinski definition) is 2. The highest BCUT2D eigenvalue weighted by Crippen LogP contribution is 2.41. The molecule has 3 N–H and O–H groups in total. The molecule has 2 rings (SSSR count). The molecule has 0 radical (unpaired) electrons. The Balaban J connectivity index is 2.20. The summed E-state index contributed by atoms with van der Waals surface area (Å²) < 4.78 is 0.510. The molecule has 0 spiro atoms. The van der Waals surface area contributed by atoms with Gasteiger partial charge in [0.2, 0.25) is 0 Å². The normalized spacial score (nSPS) is 34.8. The molecule has 3 nitrogen and oxygen atoms in total. The van der Waals surface area contributed by atoms with Crippen LogP contribution in [0.3, 0.4) is 0 Å². The Hall–Kier alpha value is -0.160. The number of thiazole rings is 1. The summed E-state index contributed by atoms with van der Waals surface area (Å²) in [6, 6.07) is 0. The van der Waals surface area contributed by atoms with Gasteiger partial charge in [-0.15, -0.1) is 11.3 Å². The number of rotatable bonds is 1. The van der Waals surface area contributed by atoms with Crippen LogP contribution in [-0.2, 0) is 5.54 Å². The van der Waals surface area contributed by atoms with E-state index in [1.165, 1.54) is 11.3 Å². The number of aromatic nitrogens is 1. The predicted octanol–water partition coefficient (Wildman–Crippen LogP) is 1.11. The minimum atomic E-state index is -0.371. The number of aliphatic hydroxyl groups is 1. The van der Waals surface area contributed by atoms with Gasteiger partial charge in [-0.1, -0.05) is 11.6 Å². The molecule has 1 fully saturated rings. The van der Waals surface area contributed by atoms with E-state index in [9.17, 15) is 0 Å². The summed E-state index contributed by atoms with van der Waals surface area (Å²) in [4.78, 5) is 4.88. The van der Waals surface area contributed by atoms with Crippen LogP contribution >= 0.6 is 22.9 Å². The maximum atomic E-state index is 9.12. The van der Waals surface area contributed by atoms with Crippen LogP contribution in [0.4, 0.5) is 0 Å². The minimum Gasteiger partial charge on any atom is -0.393 e. The van der Waals surface area contributed by atoms with Crippen LogP contribution in [-0.4, -0.2) is 16.2 Å². The highest BCUT2D eigenvalue weighted by atomic mass is 35.5. The first-order valence-electron chi connectivity index (χ1n) is 3.69. The van der Waals surface area contributed by atoms with Crippen molar-refractivity contribution in [3.05, 3.63) is 15.5 Å². The van der Waals surface area contributed by atoms with Gasteiger partial charge in [0.25, 0.3) is 0 Å². The zero-order valence-electron chi connectivity index (χ0n) is 6.33. The molecule has 0 bridgehead atoms. The summed E-state index contributed by atoms with van der Waals surface area (Å²) in [7, 11) is 0. The Labute approximate surface area is 79.2 Å². The molecule has 1 aliphatic carbocycles. The first-order chi connectivity index (χ1) is 5.60. The third-order valence-electron chi connectivity index (χ3n) is 2.17. The summed E-state index contributed by atoms with van der Waals surface area (Å²) in [5, 5.41) is 9.12.